The molecule has 9 rings (SSSR count). The van der Waals surface area contributed by atoms with Gasteiger partial charge in [0.1, 0.15) is 0 Å². The fourth-order valence-electron chi connectivity index (χ4n) is 7.81. The SMILES string of the molecule is CC1(C)c2ccccc2-c2ccc(N(c3ccc(-c4ccccc4)cc3)c3ccc4cccc(-c5cccc6ccccc56)c4c3)cc21. The van der Waals surface area contributed by atoms with Crippen molar-refractivity contribution in [3.05, 3.63) is 187 Å². The predicted octanol–water partition coefficient (Wildman–Crippen LogP) is 13.1. The monoisotopic (exact) mass is 613 g/mol. The van der Waals surface area contributed by atoms with Crippen LogP contribution in [-0.2, 0) is 5.41 Å². The summed E-state index contributed by atoms with van der Waals surface area (Å²) in [5, 5.41) is 5.00. The molecule has 0 bridgehead atoms. The fraction of sp³-hybridized carbons (Fsp3) is 0.0638. The van der Waals surface area contributed by atoms with E-state index in [4.69, 9.17) is 0 Å². The molecule has 8 aromatic carbocycles. The molecule has 0 amide bonds. The second-order valence-electron chi connectivity index (χ2n) is 13.4. The number of fused-ring (bicyclic) bond motifs is 5. The zero-order chi connectivity index (χ0) is 32.2. The molecule has 0 aliphatic heterocycles. The van der Waals surface area contributed by atoms with Gasteiger partial charge in [0.25, 0.3) is 0 Å². The van der Waals surface area contributed by atoms with Crippen molar-refractivity contribution < 1.29 is 0 Å². The first kappa shape index (κ1) is 28.3. The smallest absolute Gasteiger partial charge is 0.0468 e. The lowest BCUT2D eigenvalue weighted by atomic mass is 9.82. The summed E-state index contributed by atoms with van der Waals surface area (Å²) in [6.07, 6.45) is 0. The van der Waals surface area contributed by atoms with Crippen LogP contribution in [0, 0.1) is 0 Å². The van der Waals surface area contributed by atoms with Gasteiger partial charge < -0.3 is 4.90 Å². The van der Waals surface area contributed by atoms with Crippen molar-refractivity contribution in [1.82, 2.24) is 0 Å². The van der Waals surface area contributed by atoms with Crippen LogP contribution in [0.15, 0.2) is 176 Å². The van der Waals surface area contributed by atoms with E-state index in [1.165, 1.54) is 66.1 Å². The molecule has 0 fully saturated rings. The van der Waals surface area contributed by atoms with E-state index in [0.717, 1.165) is 17.1 Å². The summed E-state index contributed by atoms with van der Waals surface area (Å²) in [7, 11) is 0. The van der Waals surface area contributed by atoms with Crippen LogP contribution in [0.1, 0.15) is 25.0 Å². The lowest BCUT2D eigenvalue weighted by molar-refractivity contribution is 0.660. The second-order valence-corrected chi connectivity index (χ2v) is 13.4. The first-order chi connectivity index (χ1) is 23.6. The Labute approximate surface area is 282 Å². The van der Waals surface area contributed by atoms with Gasteiger partial charge in [0.2, 0.25) is 0 Å². The minimum Gasteiger partial charge on any atom is -0.310 e. The highest BCUT2D eigenvalue weighted by molar-refractivity contribution is 6.06. The highest BCUT2D eigenvalue weighted by atomic mass is 15.1. The second kappa shape index (κ2) is 11.1. The number of benzene rings is 8. The quantitative estimate of drug-likeness (QED) is 0.187. The minimum atomic E-state index is -0.0876. The maximum Gasteiger partial charge on any atom is 0.0468 e. The van der Waals surface area contributed by atoms with E-state index in [1.54, 1.807) is 0 Å². The minimum absolute atomic E-state index is 0.0876. The van der Waals surface area contributed by atoms with E-state index >= 15 is 0 Å². The van der Waals surface area contributed by atoms with Crippen molar-refractivity contribution in [1.29, 1.82) is 0 Å². The van der Waals surface area contributed by atoms with Crippen LogP contribution in [0.4, 0.5) is 17.1 Å². The molecule has 0 spiro atoms. The molecule has 228 valence electrons. The Morgan fingerprint density at radius 2 is 0.896 bits per heavy atom. The third-order valence-corrected chi connectivity index (χ3v) is 10.3. The van der Waals surface area contributed by atoms with Gasteiger partial charge in [-0.25, -0.2) is 0 Å². The van der Waals surface area contributed by atoms with Crippen molar-refractivity contribution in [3.63, 3.8) is 0 Å². The molecule has 0 atom stereocenters. The van der Waals surface area contributed by atoms with Crippen molar-refractivity contribution in [2.24, 2.45) is 0 Å². The van der Waals surface area contributed by atoms with Gasteiger partial charge in [0.05, 0.1) is 0 Å². The first-order valence-electron chi connectivity index (χ1n) is 16.8. The zero-order valence-corrected chi connectivity index (χ0v) is 27.2. The highest BCUT2D eigenvalue weighted by Gasteiger charge is 2.35. The maximum absolute atomic E-state index is 2.42. The van der Waals surface area contributed by atoms with E-state index in [-0.39, 0.29) is 5.41 Å². The van der Waals surface area contributed by atoms with Crippen LogP contribution < -0.4 is 4.90 Å². The molecule has 1 aliphatic carbocycles. The summed E-state index contributed by atoms with van der Waals surface area (Å²) in [5.74, 6) is 0. The third-order valence-electron chi connectivity index (χ3n) is 10.3. The standard InChI is InChI=1S/C47H35N/c1-47(2)45-21-9-8-18-42(45)43-29-28-38(31-46(43)47)48(36-25-22-33(23-26-36)32-12-4-3-5-13-32)37-27-24-35-16-11-20-41(44(35)30-37)40-19-10-15-34-14-6-7-17-39(34)40/h3-31H,1-2H3. The summed E-state index contributed by atoms with van der Waals surface area (Å²) in [6, 6.07) is 64.4. The van der Waals surface area contributed by atoms with Crippen molar-refractivity contribution in [3.8, 4) is 33.4 Å². The number of nitrogens with zero attached hydrogens (tertiary/aromatic N) is 1. The van der Waals surface area contributed by atoms with Crippen molar-refractivity contribution >= 4 is 38.6 Å². The Kier molecular flexibility index (Phi) is 6.55. The van der Waals surface area contributed by atoms with E-state index < -0.39 is 0 Å². The van der Waals surface area contributed by atoms with Crippen LogP contribution in [0.2, 0.25) is 0 Å². The van der Waals surface area contributed by atoms with Crippen LogP contribution >= 0.6 is 0 Å². The largest absolute Gasteiger partial charge is 0.310 e. The fourth-order valence-corrected chi connectivity index (χ4v) is 7.81. The summed E-state index contributed by atoms with van der Waals surface area (Å²) >= 11 is 0. The maximum atomic E-state index is 2.42. The van der Waals surface area contributed by atoms with Crippen molar-refractivity contribution in [2.75, 3.05) is 4.90 Å². The van der Waals surface area contributed by atoms with E-state index in [2.05, 4.69) is 195 Å². The lowest BCUT2D eigenvalue weighted by Crippen LogP contribution is -2.16. The molecule has 0 N–H and O–H groups in total. The lowest BCUT2D eigenvalue weighted by Gasteiger charge is -2.28. The molecular formula is C47H35N. The molecule has 0 saturated heterocycles. The number of hydrogen-bond acceptors (Lipinski definition) is 1. The average molecular weight is 614 g/mol. The van der Waals surface area contributed by atoms with Crippen molar-refractivity contribution in [2.45, 2.75) is 19.3 Å². The van der Waals surface area contributed by atoms with Gasteiger partial charge in [-0.05, 0) is 102 Å². The molecule has 1 aliphatic rings. The van der Waals surface area contributed by atoms with Gasteiger partial charge in [-0.1, -0.05) is 153 Å². The predicted molar refractivity (Wildman–Crippen MR) is 205 cm³/mol. The average Bonchev–Trinajstić information content (AvgIpc) is 3.37. The molecule has 0 radical (unpaired) electrons. The van der Waals surface area contributed by atoms with Gasteiger partial charge in [0, 0.05) is 22.5 Å². The van der Waals surface area contributed by atoms with Crippen LogP contribution in [0.25, 0.3) is 54.9 Å². The highest BCUT2D eigenvalue weighted by Crippen LogP contribution is 2.51. The van der Waals surface area contributed by atoms with Crippen LogP contribution in [0.5, 0.6) is 0 Å². The van der Waals surface area contributed by atoms with Crippen LogP contribution in [0.3, 0.4) is 0 Å². The number of hydrogen-bond donors (Lipinski definition) is 0. The third kappa shape index (κ3) is 4.54. The number of anilines is 3. The van der Waals surface area contributed by atoms with Gasteiger partial charge in [-0.15, -0.1) is 0 Å². The zero-order valence-electron chi connectivity index (χ0n) is 27.2. The van der Waals surface area contributed by atoms with Gasteiger partial charge >= 0.3 is 0 Å². The molecule has 0 heterocycles. The van der Waals surface area contributed by atoms with Gasteiger partial charge in [-0.2, -0.15) is 0 Å². The topological polar surface area (TPSA) is 3.24 Å². The molecule has 1 nitrogen and oxygen atoms in total. The Hall–Kier alpha value is -5.92. The molecule has 0 aromatic heterocycles. The molecular weight excluding hydrogens is 579 g/mol. The van der Waals surface area contributed by atoms with Gasteiger partial charge in [-0.3, -0.25) is 0 Å². The van der Waals surface area contributed by atoms with Gasteiger partial charge in [0.15, 0.2) is 0 Å². The molecule has 8 aromatic rings. The molecule has 1 heteroatoms. The molecule has 48 heavy (non-hydrogen) atoms. The summed E-state index contributed by atoms with van der Waals surface area (Å²) < 4.78 is 0. The van der Waals surface area contributed by atoms with E-state index in [0.29, 0.717) is 0 Å². The normalized spacial score (nSPS) is 13.0. The summed E-state index contributed by atoms with van der Waals surface area (Å²) in [6.45, 7) is 4.71. The van der Waals surface area contributed by atoms with E-state index in [1.807, 2.05) is 0 Å². The Bertz CT molecular complexity index is 2460. The Balaban J connectivity index is 1.24. The molecule has 0 saturated carbocycles. The van der Waals surface area contributed by atoms with E-state index in [9.17, 15) is 0 Å². The number of rotatable bonds is 5. The van der Waals surface area contributed by atoms with Crippen LogP contribution in [-0.4, -0.2) is 0 Å². The molecule has 0 unspecified atom stereocenters. The first-order valence-corrected chi connectivity index (χ1v) is 16.8. The summed E-state index contributed by atoms with van der Waals surface area (Å²) in [4.78, 5) is 2.42. The Morgan fingerprint density at radius 3 is 1.71 bits per heavy atom. The Morgan fingerprint density at radius 1 is 0.354 bits per heavy atom. The summed E-state index contributed by atoms with van der Waals surface area (Å²) in [5.41, 5.74) is 13.7.